The van der Waals surface area contributed by atoms with E-state index in [1.807, 2.05) is 4.68 Å². The molecule has 22 heteroatoms. The second-order valence-electron chi connectivity index (χ2n) is 16.3. The van der Waals surface area contributed by atoms with Crippen molar-refractivity contribution < 1.29 is 52.5 Å². The average molecular weight is 914 g/mol. The summed E-state index contributed by atoms with van der Waals surface area (Å²) in [5.41, 5.74) is 8.35. The smallest absolute Gasteiger partial charge is 0.407 e. The van der Waals surface area contributed by atoms with E-state index in [1.165, 1.54) is 0 Å². The van der Waals surface area contributed by atoms with Gasteiger partial charge in [0.15, 0.2) is 0 Å². The van der Waals surface area contributed by atoms with Crippen LogP contribution in [0.5, 0.6) is 0 Å². The van der Waals surface area contributed by atoms with Crippen molar-refractivity contribution in [3.63, 3.8) is 0 Å². The Hall–Kier alpha value is -6.03. The van der Waals surface area contributed by atoms with Gasteiger partial charge in [0.25, 0.3) is 0 Å². The summed E-state index contributed by atoms with van der Waals surface area (Å²) in [4.78, 5) is 86.3. The third-order valence-corrected chi connectivity index (χ3v) is 11.2. The molecule has 5 atom stereocenters. The standard InChI is InChI=1S/C43H67N11O11/c1-5-46-42(60)64-25-28-8-10-29(11-9-28)49-39(57)34(7-6-18-47-41(44)59)50-40(58)38(27(2)3)51-37(56)17-22-63-24-20-54-35-15-13-31-30(12-14-33(35)52-53-54)32(31)26-65-43(61)48-19-23-62-21-16-36(55)45-4/h8-11,27,30-32,34,38H,5-7,12-26H2,1-4H3,(H,45,55)(H,46,60)(H,48,61)(H,49,57)(H,50,58)(H,51,56)(H3,44,47,59)/t30?,31?,32?,34-,38-/m0/s1. The molecule has 1 heterocycles. The molecule has 2 aromatic rings. The number of nitrogens with two attached hydrogens (primary N) is 1. The highest BCUT2D eigenvalue weighted by Gasteiger charge is 2.50. The normalized spacial score (nSPS) is 17.1. The lowest BCUT2D eigenvalue weighted by atomic mass is 10.0. The van der Waals surface area contributed by atoms with Crippen LogP contribution in [0.25, 0.3) is 0 Å². The summed E-state index contributed by atoms with van der Waals surface area (Å²) in [6.45, 7) is 8.07. The molecule has 0 aliphatic heterocycles. The van der Waals surface area contributed by atoms with Crippen LogP contribution in [-0.2, 0) is 64.1 Å². The zero-order valence-corrected chi connectivity index (χ0v) is 37.9. The van der Waals surface area contributed by atoms with Gasteiger partial charge in [-0.15, -0.1) is 5.10 Å². The molecule has 360 valence electrons. The van der Waals surface area contributed by atoms with Gasteiger partial charge in [-0.05, 0) is 86.8 Å². The Morgan fingerprint density at radius 2 is 1.51 bits per heavy atom. The van der Waals surface area contributed by atoms with Crippen molar-refractivity contribution in [2.24, 2.45) is 29.4 Å². The monoisotopic (exact) mass is 914 g/mol. The molecule has 0 spiro atoms. The average Bonchev–Trinajstić information content (AvgIpc) is 3.79. The lowest BCUT2D eigenvalue weighted by molar-refractivity contribution is -0.132. The molecular weight excluding hydrogens is 847 g/mol. The Labute approximate surface area is 379 Å². The number of amides is 8. The molecule has 9 N–H and O–H groups in total. The van der Waals surface area contributed by atoms with Crippen LogP contribution in [0.3, 0.4) is 0 Å². The van der Waals surface area contributed by atoms with E-state index in [-0.39, 0.29) is 64.1 Å². The zero-order valence-electron chi connectivity index (χ0n) is 37.9. The summed E-state index contributed by atoms with van der Waals surface area (Å²) in [5.74, 6) is -0.661. The Morgan fingerprint density at radius 1 is 0.815 bits per heavy atom. The molecule has 1 aromatic carbocycles. The van der Waals surface area contributed by atoms with Crippen LogP contribution in [0.15, 0.2) is 24.3 Å². The van der Waals surface area contributed by atoms with E-state index in [2.05, 4.69) is 47.5 Å². The molecule has 8 amide bonds. The molecule has 22 nitrogen and oxygen atoms in total. The number of hydrogen-bond acceptors (Lipinski definition) is 13. The fraction of sp³-hybridized carbons (Fsp3) is 0.651. The van der Waals surface area contributed by atoms with E-state index in [0.29, 0.717) is 68.3 Å². The summed E-state index contributed by atoms with van der Waals surface area (Å²) < 4.78 is 23.6. The number of carbonyl (C=O) groups excluding carboxylic acids is 7. The van der Waals surface area contributed by atoms with Gasteiger partial charge in [-0.3, -0.25) is 19.2 Å². The van der Waals surface area contributed by atoms with Gasteiger partial charge in [0.2, 0.25) is 23.6 Å². The summed E-state index contributed by atoms with van der Waals surface area (Å²) in [7, 11) is 1.57. The van der Waals surface area contributed by atoms with Crippen molar-refractivity contribution in [2.75, 3.05) is 65.0 Å². The van der Waals surface area contributed by atoms with E-state index in [1.54, 1.807) is 52.1 Å². The first-order chi connectivity index (χ1) is 31.3. The number of benzene rings is 1. The van der Waals surface area contributed by atoms with E-state index in [0.717, 1.165) is 37.1 Å². The van der Waals surface area contributed by atoms with E-state index < -0.39 is 48.0 Å². The number of alkyl carbamates (subject to hydrolysis) is 2. The van der Waals surface area contributed by atoms with Gasteiger partial charge in [0.05, 0.1) is 51.0 Å². The van der Waals surface area contributed by atoms with Gasteiger partial charge >= 0.3 is 18.2 Å². The van der Waals surface area contributed by atoms with Gasteiger partial charge in [-0.2, -0.15) is 0 Å². The molecule has 1 fully saturated rings. The lowest BCUT2D eigenvalue weighted by Crippen LogP contribution is -2.54. The fourth-order valence-corrected chi connectivity index (χ4v) is 7.60. The number of fused-ring (bicyclic) bond motifs is 2. The molecule has 65 heavy (non-hydrogen) atoms. The summed E-state index contributed by atoms with van der Waals surface area (Å²) in [6.07, 6.45) is 3.15. The largest absolute Gasteiger partial charge is 0.449 e. The SMILES string of the molecule is CCNC(=O)OCc1ccc(NC(=O)[C@H](CCCNC(N)=O)NC(=O)[C@@H](NC(=O)CCOCCn2nnc3c2CCC2C(CC3)C2COC(=O)NCCOCCC(=O)NC)C(C)C)cc1. The van der Waals surface area contributed by atoms with E-state index in [9.17, 15) is 33.6 Å². The van der Waals surface area contributed by atoms with Gasteiger partial charge in [-0.1, -0.05) is 31.2 Å². The predicted molar refractivity (Wildman–Crippen MR) is 236 cm³/mol. The molecule has 2 aliphatic rings. The molecule has 2 aliphatic carbocycles. The topological polar surface area (TPSA) is 297 Å². The Morgan fingerprint density at radius 3 is 2.20 bits per heavy atom. The highest BCUT2D eigenvalue weighted by Crippen LogP contribution is 2.52. The fourth-order valence-electron chi connectivity index (χ4n) is 7.60. The third-order valence-electron chi connectivity index (χ3n) is 11.2. The van der Waals surface area contributed by atoms with Crippen LogP contribution in [0.1, 0.15) is 76.2 Å². The number of primary amides is 1. The van der Waals surface area contributed by atoms with Crippen LogP contribution in [0.2, 0.25) is 0 Å². The van der Waals surface area contributed by atoms with Crippen molar-refractivity contribution in [1.29, 1.82) is 0 Å². The number of aromatic nitrogens is 3. The summed E-state index contributed by atoms with van der Waals surface area (Å²) in [6, 6.07) is 4.00. The van der Waals surface area contributed by atoms with Crippen LogP contribution in [0, 0.1) is 23.7 Å². The Bertz CT molecular complexity index is 1880. The minimum absolute atomic E-state index is 0.00354. The Balaban J connectivity index is 1.17. The van der Waals surface area contributed by atoms with Crippen molar-refractivity contribution in [1.82, 2.24) is 46.9 Å². The minimum Gasteiger partial charge on any atom is -0.449 e. The number of aryl methyl sites for hydroxylation is 1. The van der Waals surface area contributed by atoms with Crippen molar-refractivity contribution in [3.05, 3.63) is 41.2 Å². The number of ether oxygens (including phenoxy) is 4. The number of anilines is 1. The number of carbonyl (C=O) groups is 7. The number of nitrogens with one attached hydrogen (secondary N) is 7. The second-order valence-corrected chi connectivity index (χ2v) is 16.3. The maximum Gasteiger partial charge on any atom is 0.407 e. The van der Waals surface area contributed by atoms with E-state index in [4.69, 9.17) is 24.7 Å². The highest BCUT2D eigenvalue weighted by atomic mass is 16.6. The van der Waals surface area contributed by atoms with Crippen LogP contribution in [-0.4, -0.2) is 129 Å². The molecule has 0 saturated heterocycles. The van der Waals surface area contributed by atoms with Gasteiger partial charge < -0.3 is 61.9 Å². The number of nitrogens with zero attached hydrogens (tertiary/aromatic N) is 3. The Kier molecular flexibility index (Phi) is 21.7. The number of urea groups is 1. The maximum absolute atomic E-state index is 13.6. The summed E-state index contributed by atoms with van der Waals surface area (Å²) >= 11 is 0. The molecule has 1 saturated carbocycles. The number of hydrogen-bond donors (Lipinski definition) is 8. The summed E-state index contributed by atoms with van der Waals surface area (Å²) in [5, 5.41) is 27.4. The van der Waals surface area contributed by atoms with Gasteiger partial charge in [0, 0.05) is 45.2 Å². The van der Waals surface area contributed by atoms with Crippen molar-refractivity contribution in [2.45, 2.75) is 97.4 Å². The first-order valence-corrected chi connectivity index (χ1v) is 22.4. The highest BCUT2D eigenvalue weighted by molar-refractivity contribution is 5.98. The molecule has 0 bridgehead atoms. The molecule has 3 unspecified atom stereocenters. The van der Waals surface area contributed by atoms with Crippen LogP contribution < -0.4 is 43.0 Å². The van der Waals surface area contributed by atoms with Crippen LogP contribution in [0.4, 0.5) is 20.1 Å². The second kappa shape index (κ2) is 27.3. The predicted octanol–water partition coefficient (Wildman–Crippen LogP) is 1.26. The van der Waals surface area contributed by atoms with Crippen molar-refractivity contribution >= 4 is 47.5 Å². The maximum atomic E-state index is 13.6. The number of rotatable bonds is 27. The van der Waals surface area contributed by atoms with Crippen molar-refractivity contribution in [3.8, 4) is 0 Å². The zero-order chi connectivity index (χ0) is 47.1. The first kappa shape index (κ1) is 51.6. The molecule has 4 rings (SSSR count). The quantitative estimate of drug-likeness (QED) is 0.0587. The van der Waals surface area contributed by atoms with Gasteiger partial charge in [-0.25, -0.2) is 19.1 Å². The first-order valence-electron chi connectivity index (χ1n) is 22.4. The molecular formula is C43H67N11O11. The molecule has 1 aromatic heterocycles. The third kappa shape index (κ3) is 18.2. The lowest BCUT2D eigenvalue weighted by Gasteiger charge is -2.25. The van der Waals surface area contributed by atoms with Gasteiger partial charge in [0.1, 0.15) is 18.7 Å². The van der Waals surface area contributed by atoms with E-state index >= 15 is 0 Å². The minimum atomic E-state index is -1.01. The van der Waals surface area contributed by atoms with Crippen LogP contribution >= 0.6 is 0 Å². The molecule has 0 radical (unpaired) electrons.